The van der Waals surface area contributed by atoms with Crippen LogP contribution in [0.2, 0.25) is 10.0 Å². The van der Waals surface area contributed by atoms with Gasteiger partial charge in [0.15, 0.2) is 0 Å². The van der Waals surface area contributed by atoms with Gasteiger partial charge in [-0.05, 0) is 225 Å². The number of amides is 2. The zero-order chi connectivity index (χ0) is 86.2. The van der Waals surface area contributed by atoms with Gasteiger partial charge in [-0.1, -0.05) is 99.7 Å². The number of anilines is 2. The fraction of sp³-hybridized carbons (Fsp3) is 0.398. The Hall–Kier alpha value is -10.6. The normalized spacial score (nSPS) is 19.1. The molecule has 7 aliphatic rings. The van der Waals surface area contributed by atoms with E-state index in [0.29, 0.717) is 70.7 Å². The maximum absolute atomic E-state index is 14.1. The van der Waals surface area contributed by atoms with Crippen LogP contribution in [0.15, 0.2) is 179 Å². The minimum absolute atomic E-state index is 0.00774. The molecule has 7 heterocycles. The van der Waals surface area contributed by atoms with E-state index in [1.807, 2.05) is 49.4 Å². The van der Waals surface area contributed by atoms with E-state index in [2.05, 4.69) is 118 Å². The summed E-state index contributed by atoms with van der Waals surface area (Å²) in [5.41, 5.74) is 13.6. The van der Waals surface area contributed by atoms with Crippen molar-refractivity contribution in [2.45, 2.75) is 121 Å². The van der Waals surface area contributed by atoms with E-state index in [0.717, 1.165) is 194 Å². The SMILES string of the molecule is CC[C@H]1Cc2cc(S(=O)(=O)NC(=O)c3ccc(N4CCN(CC5=C(c6ccc(Cl)cc6)CC(C)(C)CC5)CC4)cc3Oc3cnc4[nH]ccc4c3)cc([N+](=O)[O-])c2C1.CN1CCN(CC[C@@H]2Cc3cc(S(=O)(=O)NC(=O)c4ccc(N5CCN(CC6=C(c7ccc(Cl)cc7)CC(C)(C)CC6)CC5)cc4Oc4cnc5[nH]ccc5c4)cc([N+](=O)[O-])c3C2)CC1. The number of carbonyl (C=O) groups is 2. The van der Waals surface area contributed by atoms with Gasteiger partial charge in [-0.2, -0.15) is 0 Å². The molecule has 0 saturated carbocycles. The highest BCUT2D eigenvalue weighted by Gasteiger charge is 2.38. The predicted molar refractivity (Wildman–Crippen MR) is 481 cm³/mol. The molecule has 0 radical (unpaired) electrons. The van der Waals surface area contributed by atoms with Crippen LogP contribution in [0, 0.1) is 42.9 Å². The third-order valence-corrected chi connectivity index (χ3v) is 28.9. The van der Waals surface area contributed by atoms with Gasteiger partial charge in [-0.3, -0.25) is 39.6 Å². The molecular formula is C93H104Cl2N14O12S2. The molecule has 644 valence electrons. The Kier molecular flexibility index (Phi) is 25.1. The monoisotopic (exact) mass is 1740 g/mol. The fourth-order valence-electron chi connectivity index (χ4n) is 18.6. The molecule has 3 fully saturated rings. The predicted octanol–water partition coefficient (Wildman–Crippen LogP) is 17.1. The van der Waals surface area contributed by atoms with Crippen LogP contribution in [0.4, 0.5) is 22.7 Å². The summed E-state index contributed by atoms with van der Waals surface area (Å²) in [7, 11) is -6.93. The second-order valence-corrected chi connectivity index (χ2v) is 39.8. The summed E-state index contributed by atoms with van der Waals surface area (Å²) in [5, 5.41) is 27.4. The maximum atomic E-state index is 14.1. The van der Waals surface area contributed by atoms with Gasteiger partial charge in [-0.25, -0.2) is 36.2 Å². The van der Waals surface area contributed by atoms with Crippen molar-refractivity contribution < 1.29 is 45.7 Å². The Morgan fingerprint density at radius 2 is 0.943 bits per heavy atom. The molecule has 0 unspecified atom stereocenters. The van der Waals surface area contributed by atoms with E-state index in [1.54, 1.807) is 61.1 Å². The van der Waals surface area contributed by atoms with Gasteiger partial charge < -0.3 is 39.0 Å². The summed E-state index contributed by atoms with van der Waals surface area (Å²) in [6.07, 6.45) is 16.8. The highest BCUT2D eigenvalue weighted by atomic mass is 35.5. The van der Waals surface area contributed by atoms with Crippen LogP contribution in [0.25, 0.3) is 33.2 Å². The first-order valence-corrected chi connectivity index (χ1v) is 46.2. The van der Waals surface area contributed by atoms with Crippen molar-refractivity contribution in [2.24, 2.45) is 22.7 Å². The van der Waals surface area contributed by atoms with Crippen LogP contribution in [0.5, 0.6) is 23.0 Å². The molecule has 3 aliphatic heterocycles. The molecule has 0 spiro atoms. The lowest BCUT2D eigenvalue weighted by atomic mass is 9.72. The molecule has 4 N–H and O–H groups in total. The lowest BCUT2D eigenvalue weighted by Gasteiger charge is -2.39. The first kappa shape index (κ1) is 86.0. The van der Waals surface area contributed by atoms with Gasteiger partial charge in [-0.15, -0.1) is 0 Å². The van der Waals surface area contributed by atoms with Gasteiger partial charge in [0.1, 0.15) is 34.3 Å². The summed E-state index contributed by atoms with van der Waals surface area (Å²) in [6.45, 7) is 24.3. The van der Waals surface area contributed by atoms with E-state index < -0.39 is 41.7 Å². The highest BCUT2D eigenvalue weighted by molar-refractivity contribution is 7.90. The molecule has 4 aromatic heterocycles. The van der Waals surface area contributed by atoms with Crippen molar-refractivity contribution in [3.05, 3.63) is 244 Å². The summed E-state index contributed by atoms with van der Waals surface area (Å²) in [4.78, 5) is 79.9. The third-order valence-electron chi connectivity index (χ3n) is 25.8. The molecule has 123 heavy (non-hydrogen) atoms. The lowest BCUT2D eigenvalue weighted by Crippen LogP contribution is -2.47. The number of nitro benzene ring substituents is 2. The summed E-state index contributed by atoms with van der Waals surface area (Å²) >= 11 is 12.5. The van der Waals surface area contributed by atoms with Crippen molar-refractivity contribution in [3.8, 4) is 23.0 Å². The molecule has 2 amide bonds. The number of H-pyrrole nitrogens is 2. The van der Waals surface area contributed by atoms with E-state index >= 15 is 0 Å². The first-order chi connectivity index (χ1) is 58.9. The first-order valence-electron chi connectivity index (χ1n) is 42.5. The lowest BCUT2D eigenvalue weighted by molar-refractivity contribution is -0.385. The quantitative estimate of drug-likeness (QED) is 0.0323. The van der Waals surface area contributed by atoms with Crippen molar-refractivity contribution >= 4 is 111 Å². The molecule has 2 atom stereocenters. The molecule has 10 aromatic rings. The number of pyridine rings is 2. The third kappa shape index (κ3) is 20.0. The number of piperazine rings is 3. The Morgan fingerprint density at radius 1 is 0.528 bits per heavy atom. The number of rotatable bonds is 24. The number of nitrogens with zero attached hydrogens (tertiary/aromatic N) is 10. The minimum Gasteiger partial charge on any atom is -0.455 e. The van der Waals surface area contributed by atoms with Crippen molar-refractivity contribution in [2.75, 3.05) is 115 Å². The van der Waals surface area contributed by atoms with Gasteiger partial charge in [0, 0.05) is 172 Å². The van der Waals surface area contributed by atoms with E-state index in [-0.39, 0.29) is 66.5 Å². The maximum Gasteiger partial charge on any atom is 0.274 e. The molecule has 0 bridgehead atoms. The van der Waals surface area contributed by atoms with Crippen LogP contribution < -0.4 is 28.7 Å². The Morgan fingerprint density at radius 3 is 1.37 bits per heavy atom. The molecule has 17 rings (SSSR count). The minimum atomic E-state index is -4.54. The van der Waals surface area contributed by atoms with Gasteiger partial charge >= 0.3 is 0 Å². The van der Waals surface area contributed by atoms with Crippen LogP contribution >= 0.6 is 23.2 Å². The molecule has 30 heteroatoms. The molecule has 4 aliphatic carbocycles. The standard InChI is InChI=1S/C49H57ClN8O6S.C44H47ClN6O6S/c1-49(2)13-10-36(44(30-49)34-4-6-38(50)7-5-34)32-56-20-22-57(23-21-56)39-8-9-42(46(28-39)64-40-26-35-11-14-51-47(35)52-31-40)48(59)53-65(62,63)41-27-37-24-33(25-43(37)45(29-41)58(60)61)12-15-55-18-16-54(3)17-19-55;1-4-28-19-32-22-36(24-40(51(53)54)38(32)20-28)58(55,56)48-43(52)37-10-9-34(23-41(37)57-35-21-30-12-14-46-42(30)47-26-35)50-17-15-49(16-18-50)27-31-11-13-44(2,3)25-39(31)29-5-7-33(45)8-6-29/h4-9,11,14,26-29,31,33H,10,12-13,15-25,30,32H2,1-3H3,(H,51,52)(H,53,59);5-10,12,14,21-24,26,28H,4,11,13,15-20,25,27H2,1-3H3,(H,46,47)(H,48,52)/t33-;28-/m10/s1. The molecule has 6 aromatic carbocycles. The van der Waals surface area contributed by atoms with Crippen molar-refractivity contribution in [3.63, 3.8) is 0 Å². The number of carbonyl (C=O) groups excluding carboxylic acids is 2. The van der Waals surface area contributed by atoms with E-state index in [4.69, 9.17) is 32.7 Å². The van der Waals surface area contributed by atoms with E-state index in [9.17, 15) is 46.7 Å². The van der Waals surface area contributed by atoms with Crippen LogP contribution in [-0.4, -0.2) is 183 Å². The number of halogens is 2. The number of nitrogens with one attached hydrogen (secondary N) is 4. The Bertz CT molecular complexity index is 6010. The topological polar surface area (TPSA) is 308 Å². The number of sulfonamides is 2. The van der Waals surface area contributed by atoms with Gasteiger partial charge in [0.25, 0.3) is 43.2 Å². The second-order valence-electron chi connectivity index (χ2n) is 35.6. The molecule has 26 nitrogen and oxygen atoms in total. The summed E-state index contributed by atoms with van der Waals surface area (Å²) in [6, 6.07) is 39.0. The van der Waals surface area contributed by atoms with Crippen LogP contribution in [0.1, 0.15) is 140 Å². The number of aromatic nitrogens is 4. The number of likely N-dealkylation sites (N-methyl/N-ethyl adjacent to an activating group) is 1. The number of fused-ring (bicyclic) bond motifs is 4. The zero-order valence-corrected chi connectivity index (χ0v) is 73.3. The number of hydrogen-bond donors (Lipinski definition) is 4. The van der Waals surface area contributed by atoms with Crippen LogP contribution in [-0.2, 0) is 45.7 Å². The molecular weight excluding hydrogens is 1640 g/mol. The number of aromatic amines is 2. The van der Waals surface area contributed by atoms with Crippen molar-refractivity contribution in [1.82, 2.24) is 49.0 Å². The number of allylic oxidation sites excluding steroid dienone is 2. The van der Waals surface area contributed by atoms with E-state index in [1.165, 1.54) is 51.7 Å². The smallest absolute Gasteiger partial charge is 0.274 e. The average molecular weight is 1740 g/mol. The fourth-order valence-corrected chi connectivity index (χ4v) is 20.9. The average Bonchev–Trinajstić information content (AvgIpc) is 1.68. The number of ether oxygens (including phenoxy) is 2. The number of hydrogen-bond acceptors (Lipinski definition) is 20. The van der Waals surface area contributed by atoms with Gasteiger partial charge in [0.2, 0.25) is 0 Å². The number of benzene rings is 6. The van der Waals surface area contributed by atoms with Crippen LogP contribution in [0.3, 0.4) is 0 Å². The highest BCUT2D eigenvalue weighted by Crippen LogP contribution is 2.47. The Labute approximate surface area is 727 Å². The summed E-state index contributed by atoms with van der Waals surface area (Å²) in [5.74, 6) is -0.446. The molecule has 3 saturated heterocycles. The Balaban J connectivity index is 0.000000183. The van der Waals surface area contributed by atoms with Crippen molar-refractivity contribution in [1.29, 1.82) is 0 Å². The second kappa shape index (κ2) is 36.0. The zero-order valence-electron chi connectivity index (χ0n) is 70.2. The number of nitro groups is 2. The largest absolute Gasteiger partial charge is 0.455 e. The summed E-state index contributed by atoms with van der Waals surface area (Å²) < 4.78 is 72.6. The van der Waals surface area contributed by atoms with Gasteiger partial charge in [0.05, 0.1) is 43.2 Å².